The predicted molar refractivity (Wildman–Crippen MR) is 72.0 cm³/mol. The van der Waals surface area contributed by atoms with Gasteiger partial charge in [0.1, 0.15) is 0 Å². The molecule has 1 aliphatic heterocycles. The zero-order valence-electron chi connectivity index (χ0n) is 12.9. The van der Waals surface area contributed by atoms with Crippen LogP contribution in [0.5, 0.6) is 0 Å². The molecule has 1 heterocycles. The quantitative estimate of drug-likeness (QED) is 0.607. The first kappa shape index (κ1) is 19.1. The Morgan fingerprint density at radius 3 is 2.08 bits per heavy atom. The third-order valence-electron chi connectivity index (χ3n) is 3.77. The van der Waals surface area contributed by atoms with Gasteiger partial charge in [-0.05, 0) is 23.8 Å². The summed E-state index contributed by atoms with van der Waals surface area (Å²) in [6.07, 6.45) is -10.1. The molecule has 1 aromatic rings. The molecule has 4 nitrogen and oxygen atoms in total. The highest BCUT2D eigenvalue weighted by atomic mass is 19.4. The maximum absolute atomic E-state index is 12.8. The molecular formula is C15H13F6NO3. The average Bonchev–Trinajstić information content (AvgIpc) is 2.85. The first-order valence-electron chi connectivity index (χ1n) is 7.05. The van der Waals surface area contributed by atoms with Gasteiger partial charge in [-0.25, -0.2) is 0 Å². The first-order valence-corrected chi connectivity index (χ1v) is 7.05. The smallest absolute Gasteiger partial charge is 0.416 e. The van der Waals surface area contributed by atoms with Crippen LogP contribution in [0.2, 0.25) is 0 Å². The van der Waals surface area contributed by atoms with Crippen molar-refractivity contribution in [1.29, 1.82) is 0 Å². The van der Waals surface area contributed by atoms with Gasteiger partial charge in [-0.15, -0.1) is 0 Å². The zero-order chi connectivity index (χ0) is 19.0. The molecule has 2 rings (SSSR count). The molecule has 1 amide bonds. The number of amides is 1. The molecule has 0 radical (unpaired) electrons. The van der Waals surface area contributed by atoms with Crippen molar-refractivity contribution in [3.8, 4) is 0 Å². The lowest BCUT2D eigenvalue weighted by Crippen LogP contribution is -2.26. The van der Waals surface area contributed by atoms with Crippen molar-refractivity contribution >= 4 is 11.9 Å². The Balaban J connectivity index is 2.30. The van der Waals surface area contributed by atoms with Crippen molar-refractivity contribution in [3.05, 3.63) is 34.9 Å². The summed E-state index contributed by atoms with van der Waals surface area (Å²) < 4.78 is 81.5. The molecule has 1 atom stereocenters. The number of halogens is 6. The molecule has 0 aromatic heterocycles. The van der Waals surface area contributed by atoms with Crippen molar-refractivity contribution in [2.45, 2.75) is 25.3 Å². The van der Waals surface area contributed by atoms with Crippen LogP contribution >= 0.6 is 0 Å². The van der Waals surface area contributed by atoms with Gasteiger partial charge >= 0.3 is 18.3 Å². The van der Waals surface area contributed by atoms with E-state index >= 15 is 0 Å². The van der Waals surface area contributed by atoms with Crippen LogP contribution in [0.3, 0.4) is 0 Å². The summed E-state index contributed by atoms with van der Waals surface area (Å²) in [6.45, 7) is -0.581. The second-order valence-corrected chi connectivity index (χ2v) is 5.61. The molecule has 10 heteroatoms. The Morgan fingerprint density at radius 1 is 1.12 bits per heavy atom. The van der Waals surface area contributed by atoms with Crippen LogP contribution in [-0.4, -0.2) is 30.4 Å². The van der Waals surface area contributed by atoms with Gasteiger partial charge in [0.25, 0.3) is 0 Å². The third-order valence-corrected chi connectivity index (χ3v) is 3.77. The fourth-order valence-electron chi connectivity index (χ4n) is 2.58. The van der Waals surface area contributed by atoms with E-state index in [9.17, 15) is 35.9 Å². The van der Waals surface area contributed by atoms with E-state index in [1.807, 2.05) is 0 Å². The monoisotopic (exact) mass is 369 g/mol. The minimum Gasteiger partial charge on any atom is -0.469 e. The molecule has 25 heavy (non-hydrogen) atoms. The van der Waals surface area contributed by atoms with Crippen LogP contribution in [0.15, 0.2) is 18.2 Å². The highest BCUT2D eigenvalue weighted by Crippen LogP contribution is 2.36. The molecule has 138 valence electrons. The third kappa shape index (κ3) is 4.43. The molecule has 0 N–H and O–H groups in total. The summed E-state index contributed by atoms with van der Waals surface area (Å²) in [5, 5.41) is 0. The minimum atomic E-state index is -4.96. The lowest BCUT2D eigenvalue weighted by molar-refractivity contribution is -0.145. The van der Waals surface area contributed by atoms with Crippen LogP contribution in [0.4, 0.5) is 26.3 Å². The fourth-order valence-corrected chi connectivity index (χ4v) is 2.58. The van der Waals surface area contributed by atoms with Gasteiger partial charge in [-0.2, -0.15) is 26.3 Å². The zero-order valence-corrected chi connectivity index (χ0v) is 12.9. The number of carbonyl (C=O) groups is 2. The van der Waals surface area contributed by atoms with E-state index < -0.39 is 47.8 Å². The SMILES string of the molecule is COC(=O)C1CC(=O)N(Cc2cc(C(F)(F)F)cc(C(F)(F)F)c2)C1. The largest absolute Gasteiger partial charge is 0.469 e. The fraction of sp³-hybridized carbons (Fsp3) is 0.467. The summed E-state index contributed by atoms with van der Waals surface area (Å²) in [5.41, 5.74) is -3.22. The number of benzene rings is 1. The van der Waals surface area contributed by atoms with E-state index in [1.165, 1.54) is 0 Å². The van der Waals surface area contributed by atoms with Crippen LogP contribution in [0, 0.1) is 5.92 Å². The van der Waals surface area contributed by atoms with E-state index in [0.717, 1.165) is 12.0 Å². The number of nitrogens with zero attached hydrogens (tertiary/aromatic N) is 1. The van der Waals surface area contributed by atoms with E-state index in [0.29, 0.717) is 12.1 Å². The molecule has 0 bridgehead atoms. The van der Waals surface area contributed by atoms with Gasteiger partial charge in [0, 0.05) is 19.5 Å². The van der Waals surface area contributed by atoms with Crippen molar-refractivity contribution in [2.75, 3.05) is 13.7 Å². The Morgan fingerprint density at radius 2 is 1.64 bits per heavy atom. The van der Waals surface area contributed by atoms with Gasteiger partial charge < -0.3 is 9.64 Å². The van der Waals surface area contributed by atoms with E-state index in [1.54, 1.807) is 0 Å². The number of esters is 1. The highest BCUT2D eigenvalue weighted by molar-refractivity contribution is 5.86. The number of methoxy groups -OCH3 is 1. The summed E-state index contributed by atoms with van der Waals surface area (Å²) in [4.78, 5) is 24.3. The van der Waals surface area contributed by atoms with Crippen LogP contribution in [-0.2, 0) is 33.2 Å². The van der Waals surface area contributed by atoms with Crippen molar-refractivity contribution in [1.82, 2.24) is 4.90 Å². The predicted octanol–water partition coefficient (Wildman–Crippen LogP) is 3.25. The second kappa shape index (κ2) is 6.57. The molecule has 0 spiro atoms. The number of rotatable bonds is 3. The Hall–Kier alpha value is -2.26. The maximum Gasteiger partial charge on any atom is 0.416 e. The van der Waals surface area contributed by atoms with E-state index in [2.05, 4.69) is 4.74 Å². The number of likely N-dealkylation sites (tertiary alicyclic amines) is 1. The van der Waals surface area contributed by atoms with E-state index in [4.69, 9.17) is 0 Å². The Bertz CT molecular complexity index is 651. The van der Waals surface area contributed by atoms with Gasteiger partial charge in [0.05, 0.1) is 24.2 Å². The summed E-state index contributed by atoms with van der Waals surface area (Å²) in [7, 11) is 1.12. The molecular weight excluding hydrogens is 356 g/mol. The molecule has 0 saturated carbocycles. The maximum atomic E-state index is 12.8. The van der Waals surface area contributed by atoms with Crippen molar-refractivity contribution < 1.29 is 40.7 Å². The molecule has 1 fully saturated rings. The van der Waals surface area contributed by atoms with E-state index in [-0.39, 0.29) is 24.6 Å². The number of alkyl halides is 6. The second-order valence-electron chi connectivity index (χ2n) is 5.61. The van der Waals surface area contributed by atoms with Crippen LogP contribution < -0.4 is 0 Å². The Kier molecular flexibility index (Phi) is 5.01. The van der Waals surface area contributed by atoms with Gasteiger partial charge in [0.15, 0.2) is 0 Å². The van der Waals surface area contributed by atoms with Gasteiger partial charge in [-0.1, -0.05) is 0 Å². The highest BCUT2D eigenvalue weighted by Gasteiger charge is 2.38. The lowest BCUT2D eigenvalue weighted by Gasteiger charge is -2.19. The number of ether oxygens (including phenoxy) is 1. The standard InChI is InChI=1S/C15H13F6NO3/c1-25-13(24)9-4-12(23)22(7-9)6-8-2-10(14(16,17)18)5-11(3-8)15(19,20)21/h2-3,5,9H,4,6-7H2,1H3. The van der Waals surface area contributed by atoms with Crippen LogP contribution in [0.1, 0.15) is 23.1 Å². The number of hydrogen-bond donors (Lipinski definition) is 0. The number of carbonyl (C=O) groups excluding carboxylic acids is 2. The van der Waals surface area contributed by atoms with Gasteiger partial charge in [-0.3, -0.25) is 9.59 Å². The normalized spacial score (nSPS) is 18.6. The topological polar surface area (TPSA) is 46.6 Å². The van der Waals surface area contributed by atoms with Crippen molar-refractivity contribution in [3.63, 3.8) is 0 Å². The molecule has 1 aromatic carbocycles. The minimum absolute atomic E-state index is 0.0204. The summed E-state index contributed by atoms with van der Waals surface area (Å²) in [6, 6.07) is 1.15. The molecule has 1 unspecified atom stereocenters. The van der Waals surface area contributed by atoms with Crippen molar-refractivity contribution in [2.24, 2.45) is 5.92 Å². The molecule has 1 aliphatic rings. The number of hydrogen-bond acceptors (Lipinski definition) is 3. The molecule has 1 saturated heterocycles. The first-order chi connectivity index (χ1) is 11.4. The average molecular weight is 369 g/mol. The lowest BCUT2D eigenvalue weighted by atomic mass is 10.0. The summed E-state index contributed by atoms with van der Waals surface area (Å²) >= 11 is 0. The molecule has 0 aliphatic carbocycles. The Labute approximate surface area is 138 Å². The van der Waals surface area contributed by atoms with Gasteiger partial charge in [0.2, 0.25) is 5.91 Å². The summed E-state index contributed by atoms with van der Waals surface area (Å²) in [5.74, 6) is -1.98. The van der Waals surface area contributed by atoms with Crippen LogP contribution in [0.25, 0.3) is 0 Å².